The van der Waals surface area contributed by atoms with E-state index < -0.39 is 52.3 Å². The van der Waals surface area contributed by atoms with E-state index in [9.17, 15) is 19.5 Å². The van der Waals surface area contributed by atoms with Crippen LogP contribution in [0.2, 0.25) is 0 Å². The van der Waals surface area contributed by atoms with Gasteiger partial charge in [-0.05, 0) is 106 Å². The molecule has 0 aliphatic heterocycles. The number of hydrogen-bond acceptors (Lipinski definition) is 11. The molecule has 14 heteroatoms. The van der Waals surface area contributed by atoms with Crippen molar-refractivity contribution in [3.63, 3.8) is 0 Å². The number of halogens is 1. The molecule has 2 heterocycles. The standard InChI is InChI=1S/C33H49FN6O7/c1-12-45-27(41)24-23(34)26(36-28(35-24)38(11)25-18(2)13-20-15-21(25)17-33(10,44)16-20)39(29(42)46-31(4,5)6)22-14-19(3)40(37-22)30(43)47-32(7,8)9/h14,18,20-21,25,44H,12-13,15-17H2,1-11H3. The Hall–Kier alpha value is -3.81. The number of anilines is 3. The summed E-state index contributed by atoms with van der Waals surface area (Å²) < 4.78 is 33.7. The van der Waals surface area contributed by atoms with Gasteiger partial charge < -0.3 is 24.2 Å². The number of aryl methyl sites for hydroxylation is 1. The predicted octanol–water partition coefficient (Wildman–Crippen LogP) is 6.17. The quantitative estimate of drug-likeness (QED) is 0.280. The minimum Gasteiger partial charge on any atom is -0.461 e. The highest BCUT2D eigenvalue weighted by Crippen LogP contribution is 2.48. The Kier molecular flexibility index (Phi) is 9.97. The van der Waals surface area contributed by atoms with E-state index in [1.165, 1.54) is 6.07 Å². The highest BCUT2D eigenvalue weighted by molar-refractivity contribution is 5.97. The van der Waals surface area contributed by atoms with Crippen molar-refractivity contribution in [1.82, 2.24) is 19.7 Å². The molecule has 2 fully saturated rings. The van der Waals surface area contributed by atoms with Gasteiger partial charge in [-0.2, -0.15) is 9.67 Å². The molecule has 1 amide bonds. The molecule has 2 aliphatic carbocycles. The molecule has 2 aromatic rings. The minimum absolute atomic E-state index is 0.0261. The van der Waals surface area contributed by atoms with Crippen molar-refractivity contribution in [1.29, 1.82) is 0 Å². The SMILES string of the molecule is CCOC(=O)c1nc(N(C)C2C(C)CC3CC2CC(C)(O)C3)nc(N(C(=O)OC(C)(C)C)c2cc(C)n(C(=O)OC(C)(C)C)n2)c1F. The lowest BCUT2D eigenvalue weighted by Gasteiger charge is -2.51. The third kappa shape index (κ3) is 8.20. The van der Waals surface area contributed by atoms with Crippen LogP contribution in [-0.4, -0.2) is 79.5 Å². The highest BCUT2D eigenvalue weighted by atomic mass is 19.1. The second-order valence-electron chi connectivity index (χ2n) is 15.2. The van der Waals surface area contributed by atoms with Crippen molar-refractivity contribution in [3.05, 3.63) is 23.3 Å². The molecule has 2 saturated carbocycles. The summed E-state index contributed by atoms with van der Waals surface area (Å²) in [5.41, 5.74) is -3.06. The summed E-state index contributed by atoms with van der Waals surface area (Å²) in [5.74, 6) is -2.48. The van der Waals surface area contributed by atoms with Gasteiger partial charge in [0.15, 0.2) is 23.1 Å². The Morgan fingerprint density at radius 2 is 1.72 bits per heavy atom. The number of rotatable bonds is 6. The zero-order valence-electron chi connectivity index (χ0n) is 29.4. The lowest BCUT2D eigenvalue weighted by molar-refractivity contribution is -0.0534. The van der Waals surface area contributed by atoms with Gasteiger partial charge in [0.25, 0.3) is 0 Å². The highest BCUT2D eigenvalue weighted by Gasteiger charge is 2.47. The molecular formula is C33H49FN6O7. The van der Waals surface area contributed by atoms with E-state index in [1.807, 2.05) is 6.92 Å². The largest absolute Gasteiger partial charge is 0.461 e. The topological polar surface area (TPSA) is 149 Å². The molecule has 0 aromatic carbocycles. The third-order valence-electron chi connectivity index (χ3n) is 8.35. The van der Waals surface area contributed by atoms with Crippen LogP contribution in [0, 0.1) is 30.5 Å². The van der Waals surface area contributed by atoms with Crippen molar-refractivity contribution >= 4 is 35.7 Å². The van der Waals surface area contributed by atoms with Crippen LogP contribution < -0.4 is 9.80 Å². The molecule has 4 rings (SSSR count). The van der Waals surface area contributed by atoms with Crippen molar-refractivity contribution in [2.24, 2.45) is 17.8 Å². The van der Waals surface area contributed by atoms with E-state index in [-0.39, 0.29) is 41.9 Å². The number of aromatic nitrogens is 4. The first-order valence-electron chi connectivity index (χ1n) is 16.1. The van der Waals surface area contributed by atoms with Crippen LogP contribution in [0.4, 0.5) is 31.6 Å². The molecule has 47 heavy (non-hydrogen) atoms. The number of esters is 1. The number of hydrogen-bond donors (Lipinski definition) is 1. The number of carbonyl (C=O) groups excluding carboxylic acids is 3. The normalized spacial score (nSPS) is 24.4. The number of nitrogens with zero attached hydrogens (tertiary/aromatic N) is 6. The number of aliphatic hydroxyl groups is 1. The molecule has 2 aliphatic rings. The second-order valence-corrected chi connectivity index (χ2v) is 15.2. The summed E-state index contributed by atoms with van der Waals surface area (Å²) >= 11 is 0. The Bertz CT molecular complexity index is 1510. The first-order chi connectivity index (χ1) is 21.6. The molecule has 13 nitrogen and oxygen atoms in total. The molecule has 5 unspecified atom stereocenters. The maximum absolute atomic E-state index is 16.5. The Balaban J connectivity index is 1.89. The number of fused-ring (bicyclic) bond motifs is 2. The van der Waals surface area contributed by atoms with Crippen LogP contribution in [0.1, 0.15) is 104 Å². The van der Waals surface area contributed by atoms with Crippen LogP contribution in [-0.2, 0) is 14.2 Å². The van der Waals surface area contributed by atoms with Gasteiger partial charge in [0.1, 0.15) is 11.2 Å². The van der Waals surface area contributed by atoms with Crippen LogP contribution in [0.25, 0.3) is 0 Å². The van der Waals surface area contributed by atoms with Crippen LogP contribution in [0.15, 0.2) is 6.07 Å². The monoisotopic (exact) mass is 660 g/mol. The molecule has 2 aromatic heterocycles. The van der Waals surface area contributed by atoms with Gasteiger partial charge in [0.05, 0.1) is 17.9 Å². The second kappa shape index (κ2) is 13.0. The van der Waals surface area contributed by atoms with E-state index in [0.717, 1.165) is 28.8 Å². The van der Waals surface area contributed by atoms with Crippen LogP contribution >= 0.6 is 0 Å². The van der Waals surface area contributed by atoms with Crippen LogP contribution in [0.3, 0.4) is 0 Å². The minimum atomic E-state index is -1.23. The summed E-state index contributed by atoms with van der Waals surface area (Å²) in [7, 11) is 1.76. The molecule has 0 spiro atoms. The fraction of sp³-hybridized carbons (Fsp3) is 0.697. The molecule has 260 valence electrons. The van der Waals surface area contributed by atoms with Gasteiger partial charge in [-0.3, -0.25) is 0 Å². The van der Waals surface area contributed by atoms with Gasteiger partial charge in [-0.1, -0.05) is 6.92 Å². The average molecular weight is 661 g/mol. The Labute approximate surface area is 275 Å². The maximum atomic E-state index is 16.5. The van der Waals surface area contributed by atoms with E-state index in [1.54, 1.807) is 67.3 Å². The summed E-state index contributed by atoms with van der Waals surface area (Å²) in [6.45, 7) is 17.1. The van der Waals surface area contributed by atoms with Crippen LogP contribution in [0.5, 0.6) is 0 Å². The van der Waals surface area contributed by atoms with E-state index in [4.69, 9.17) is 14.2 Å². The molecule has 2 bridgehead atoms. The smallest absolute Gasteiger partial charge is 0.435 e. The first kappa shape index (κ1) is 36.0. The van der Waals surface area contributed by atoms with E-state index >= 15 is 4.39 Å². The van der Waals surface area contributed by atoms with Crippen molar-refractivity contribution in [2.75, 3.05) is 23.5 Å². The summed E-state index contributed by atoms with van der Waals surface area (Å²) in [6.07, 6.45) is 1.20. The van der Waals surface area contributed by atoms with E-state index in [0.29, 0.717) is 12.3 Å². The van der Waals surface area contributed by atoms with Gasteiger partial charge in [0.2, 0.25) is 5.95 Å². The Morgan fingerprint density at radius 1 is 1.09 bits per heavy atom. The maximum Gasteiger partial charge on any atom is 0.435 e. The fourth-order valence-electron chi connectivity index (χ4n) is 6.98. The lowest BCUT2D eigenvalue weighted by Crippen LogP contribution is -2.53. The molecule has 0 saturated heterocycles. The lowest BCUT2D eigenvalue weighted by atomic mass is 9.61. The molecule has 1 N–H and O–H groups in total. The first-order valence-corrected chi connectivity index (χ1v) is 16.1. The number of amides is 1. The summed E-state index contributed by atoms with van der Waals surface area (Å²) in [6, 6.07) is 1.23. The Morgan fingerprint density at radius 3 is 2.32 bits per heavy atom. The van der Waals surface area contributed by atoms with Crippen molar-refractivity contribution in [2.45, 2.75) is 118 Å². The van der Waals surface area contributed by atoms with Gasteiger partial charge in [-0.25, -0.2) is 28.7 Å². The molecule has 5 atom stereocenters. The molecular weight excluding hydrogens is 611 g/mol. The zero-order valence-corrected chi connectivity index (χ0v) is 29.4. The van der Waals surface area contributed by atoms with Crippen molar-refractivity contribution < 1.29 is 38.1 Å². The molecule has 0 radical (unpaired) electrons. The van der Waals surface area contributed by atoms with E-state index in [2.05, 4.69) is 22.0 Å². The average Bonchev–Trinajstić information content (AvgIpc) is 3.27. The van der Waals surface area contributed by atoms with Crippen molar-refractivity contribution in [3.8, 4) is 0 Å². The summed E-state index contributed by atoms with van der Waals surface area (Å²) in [5, 5.41) is 15.3. The zero-order chi connectivity index (χ0) is 35.2. The predicted molar refractivity (Wildman–Crippen MR) is 172 cm³/mol. The fourth-order valence-corrected chi connectivity index (χ4v) is 6.98. The third-order valence-corrected chi connectivity index (χ3v) is 8.35. The van der Waals surface area contributed by atoms with Gasteiger partial charge in [0, 0.05) is 19.2 Å². The van der Waals surface area contributed by atoms with Gasteiger partial charge >= 0.3 is 18.2 Å². The summed E-state index contributed by atoms with van der Waals surface area (Å²) in [4.78, 5) is 51.3. The number of carbonyl (C=O) groups is 3. The van der Waals surface area contributed by atoms with Gasteiger partial charge in [-0.15, -0.1) is 5.10 Å². The number of ether oxygens (including phenoxy) is 3.